The van der Waals surface area contributed by atoms with Crippen molar-refractivity contribution in [3.63, 3.8) is 0 Å². The summed E-state index contributed by atoms with van der Waals surface area (Å²) in [6.45, 7) is 5.43. The second-order valence-electron chi connectivity index (χ2n) is 5.88. The van der Waals surface area contributed by atoms with Crippen LogP contribution in [0.2, 0.25) is 0 Å². The van der Waals surface area contributed by atoms with Crippen molar-refractivity contribution in [3.05, 3.63) is 29.8 Å². The van der Waals surface area contributed by atoms with Gasteiger partial charge in [-0.15, -0.1) is 0 Å². The highest BCUT2D eigenvalue weighted by Crippen LogP contribution is 2.20. The molecule has 0 saturated heterocycles. The highest BCUT2D eigenvalue weighted by atomic mass is 16.5. The molecular formula is C16H22O4. The minimum Gasteiger partial charge on any atom is -0.481 e. The Balaban J connectivity index is 2.44. The Morgan fingerprint density at radius 1 is 1.10 bits per heavy atom. The number of hydrogen-bond acceptors (Lipinski definition) is 3. The van der Waals surface area contributed by atoms with Gasteiger partial charge in [0.2, 0.25) is 0 Å². The standard InChI is InChI=1S/C16H22O4/c1-16(2,3)15(19)20-13-10-8-12(9-11-13)6-4-5-7-14(17)18/h8-11H,4-7H2,1-3H3,(H,17,18). The van der Waals surface area contributed by atoms with E-state index in [-0.39, 0.29) is 12.4 Å². The first-order valence-corrected chi connectivity index (χ1v) is 6.82. The van der Waals surface area contributed by atoms with Gasteiger partial charge in [0, 0.05) is 6.42 Å². The van der Waals surface area contributed by atoms with Crippen molar-refractivity contribution in [2.24, 2.45) is 5.41 Å². The van der Waals surface area contributed by atoms with Gasteiger partial charge in [0.1, 0.15) is 5.75 Å². The van der Waals surface area contributed by atoms with Crippen LogP contribution in [0.4, 0.5) is 0 Å². The van der Waals surface area contributed by atoms with Gasteiger partial charge in [0.15, 0.2) is 0 Å². The molecule has 0 aliphatic rings. The molecule has 0 aliphatic heterocycles. The quantitative estimate of drug-likeness (QED) is 0.492. The Bertz CT molecular complexity index is 454. The molecule has 0 amide bonds. The lowest BCUT2D eigenvalue weighted by Gasteiger charge is -2.16. The number of rotatable bonds is 6. The van der Waals surface area contributed by atoms with Crippen molar-refractivity contribution in [2.45, 2.75) is 46.5 Å². The summed E-state index contributed by atoms with van der Waals surface area (Å²) in [6, 6.07) is 7.37. The summed E-state index contributed by atoms with van der Waals surface area (Å²) in [7, 11) is 0. The van der Waals surface area contributed by atoms with E-state index < -0.39 is 11.4 Å². The molecule has 0 heterocycles. The van der Waals surface area contributed by atoms with Crippen molar-refractivity contribution in [1.82, 2.24) is 0 Å². The van der Waals surface area contributed by atoms with Gasteiger partial charge in [0.05, 0.1) is 5.41 Å². The number of carboxylic acid groups (broad SMARTS) is 1. The fourth-order valence-corrected chi connectivity index (χ4v) is 1.59. The minimum atomic E-state index is -0.755. The largest absolute Gasteiger partial charge is 0.481 e. The second kappa shape index (κ2) is 7.08. The van der Waals surface area contributed by atoms with Gasteiger partial charge >= 0.3 is 11.9 Å². The number of hydrogen-bond donors (Lipinski definition) is 1. The summed E-state index contributed by atoms with van der Waals surface area (Å²) in [5.41, 5.74) is 0.598. The number of carbonyl (C=O) groups excluding carboxylic acids is 1. The summed E-state index contributed by atoms with van der Waals surface area (Å²) in [6.07, 6.45) is 2.56. The van der Waals surface area contributed by atoms with E-state index in [1.807, 2.05) is 32.9 Å². The maximum Gasteiger partial charge on any atom is 0.316 e. The van der Waals surface area contributed by atoms with E-state index in [4.69, 9.17) is 9.84 Å². The normalized spacial score (nSPS) is 11.2. The van der Waals surface area contributed by atoms with Crippen LogP contribution in [-0.2, 0) is 16.0 Å². The lowest BCUT2D eigenvalue weighted by molar-refractivity contribution is -0.143. The molecule has 0 bridgehead atoms. The third-order valence-electron chi connectivity index (χ3n) is 2.85. The van der Waals surface area contributed by atoms with Crippen molar-refractivity contribution in [2.75, 3.05) is 0 Å². The van der Waals surface area contributed by atoms with Crippen LogP contribution in [0.5, 0.6) is 5.75 Å². The maximum atomic E-state index is 11.7. The average molecular weight is 278 g/mol. The van der Waals surface area contributed by atoms with Crippen LogP contribution < -0.4 is 4.74 Å². The molecule has 0 saturated carbocycles. The fraction of sp³-hybridized carbons (Fsp3) is 0.500. The third-order valence-corrected chi connectivity index (χ3v) is 2.85. The van der Waals surface area contributed by atoms with Crippen LogP contribution in [0.3, 0.4) is 0 Å². The van der Waals surface area contributed by atoms with Gasteiger partial charge in [-0.2, -0.15) is 0 Å². The molecule has 110 valence electrons. The van der Waals surface area contributed by atoms with Crippen molar-refractivity contribution >= 4 is 11.9 Å². The number of benzene rings is 1. The van der Waals surface area contributed by atoms with Crippen LogP contribution in [0, 0.1) is 5.41 Å². The molecule has 0 atom stereocenters. The highest BCUT2D eigenvalue weighted by molar-refractivity contribution is 5.77. The Morgan fingerprint density at radius 3 is 2.20 bits per heavy atom. The van der Waals surface area contributed by atoms with Gasteiger partial charge in [0.25, 0.3) is 0 Å². The second-order valence-corrected chi connectivity index (χ2v) is 5.88. The van der Waals surface area contributed by atoms with Gasteiger partial charge in [-0.25, -0.2) is 0 Å². The zero-order valence-electron chi connectivity index (χ0n) is 12.3. The molecule has 0 aromatic heterocycles. The molecule has 4 nitrogen and oxygen atoms in total. The number of esters is 1. The predicted octanol–water partition coefficient (Wildman–Crippen LogP) is 3.44. The van der Waals surface area contributed by atoms with Crippen molar-refractivity contribution < 1.29 is 19.4 Å². The van der Waals surface area contributed by atoms with E-state index in [9.17, 15) is 9.59 Å². The topological polar surface area (TPSA) is 63.6 Å². The van der Waals surface area contributed by atoms with Crippen molar-refractivity contribution in [3.8, 4) is 5.75 Å². The van der Waals surface area contributed by atoms with Crippen LogP contribution in [0.25, 0.3) is 0 Å². The average Bonchev–Trinajstić information content (AvgIpc) is 2.35. The molecule has 0 radical (unpaired) electrons. The highest BCUT2D eigenvalue weighted by Gasteiger charge is 2.23. The summed E-state index contributed by atoms with van der Waals surface area (Å²) in [5, 5.41) is 8.55. The number of aliphatic carboxylic acids is 1. The van der Waals surface area contributed by atoms with E-state index in [0.29, 0.717) is 12.2 Å². The molecule has 1 N–H and O–H groups in total. The van der Waals surface area contributed by atoms with Crippen LogP contribution in [-0.4, -0.2) is 17.0 Å². The molecule has 4 heteroatoms. The first-order valence-electron chi connectivity index (χ1n) is 6.82. The molecule has 1 aromatic rings. The van der Waals surface area contributed by atoms with Gasteiger partial charge in [-0.1, -0.05) is 12.1 Å². The molecule has 0 aliphatic carbocycles. The minimum absolute atomic E-state index is 0.210. The van der Waals surface area contributed by atoms with E-state index in [1.54, 1.807) is 12.1 Å². The van der Waals surface area contributed by atoms with Crippen LogP contribution >= 0.6 is 0 Å². The summed E-state index contributed by atoms with van der Waals surface area (Å²) in [4.78, 5) is 22.1. The summed E-state index contributed by atoms with van der Waals surface area (Å²) in [5.74, 6) is -0.472. The van der Waals surface area contributed by atoms with Gasteiger partial charge in [-0.05, 0) is 57.7 Å². The van der Waals surface area contributed by atoms with E-state index >= 15 is 0 Å². The first-order chi connectivity index (χ1) is 9.29. The van der Waals surface area contributed by atoms with E-state index in [0.717, 1.165) is 18.4 Å². The van der Waals surface area contributed by atoms with E-state index in [2.05, 4.69) is 0 Å². The molecule has 1 aromatic carbocycles. The first kappa shape index (κ1) is 16.2. The molecule has 1 rings (SSSR count). The smallest absolute Gasteiger partial charge is 0.316 e. The number of unbranched alkanes of at least 4 members (excludes halogenated alkanes) is 1. The molecule has 0 spiro atoms. The Morgan fingerprint density at radius 2 is 1.70 bits per heavy atom. The Hall–Kier alpha value is -1.84. The number of carbonyl (C=O) groups is 2. The van der Waals surface area contributed by atoms with Gasteiger partial charge < -0.3 is 9.84 Å². The molecule has 0 unspecified atom stereocenters. The van der Waals surface area contributed by atoms with Crippen molar-refractivity contribution in [1.29, 1.82) is 0 Å². The van der Waals surface area contributed by atoms with E-state index in [1.165, 1.54) is 0 Å². The summed E-state index contributed by atoms with van der Waals surface area (Å²) < 4.78 is 5.27. The SMILES string of the molecule is CC(C)(C)C(=O)Oc1ccc(CCCCC(=O)O)cc1. The zero-order valence-corrected chi connectivity index (χ0v) is 12.3. The molecular weight excluding hydrogens is 256 g/mol. The Labute approximate surface area is 119 Å². The maximum absolute atomic E-state index is 11.7. The monoisotopic (exact) mass is 278 g/mol. The predicted molar refractivity (Wildman–Crippen MR) is 76.7 cm³/mol. The third kappa shape index (κ3) is 5.87. The number of aryl methyl sites for hydroxylation is 1. The number of carboxylic acids is 1. The fourth-order valence-electron chi connectivity index (χ4n) is 1.59. The Kier molecular flexibility index (Phi) is 5.74. The lowest BCUT2D eigenvalue weighted by atomic mass is 9.97. The van der Waals surface area contributed by atoms with Crippen LogP contribution in [0.1, 0.15) is 45.6 Å². The summed E-state index contributed by atoms with van der Waals surface area (Å²) >= 11 is 0. The zero-order chi connectivity index (χ0) is 15.2. The number of ether oxygens (including phenoxy) is 1. The lowest BCUT2D eigenvalue weighted by Crippen LogP contribution is -2.25. The molecule has 0 fully saturated rings. The van der Waals surface area contributed by atoms with Gasteiger partial charge in [-0.3, -0.25) is 9.59 Å². The van der Waals surface area contributed by atoms with Crippen LogP contribution in [0.15, 0.2) is 24.3 Å². The molecule has 20 heavy (non-hydrogen) atoms.